The van der Waals surface area contributed by atoms with Crippen molar-refractivity contribution in [2.45, 2.75) is 44.2 Å². The van der Waals surface area contributed by atoms with Crippen LogP contribution in [0.25, 0.3) is 11.1 Å². The molecule has 0 saturated heterocycles. The molecule has 9 nitrogen and oxygen atoms in total. The van der Waals surface area contributed by atoms with E-state index in [9.17, 15) is 9.59 Å². The number of ether oxygens (including phenoxy) is 4. The summed E-state index contributed by atoms with van der Waals surface area (Å²) in [5.41, 5.74) is 7.27. The molecule has 0 bridgehead atoms. The fraction of sp³-hybridized carbons (Fsp3) is 0.214. The molecule has 3 unspecified atom stereocenters. The highest BCUT2D eigenvalue weighted by molar-refractivity contribution is 6.42. The predicted molar refractivity (Wildman–Crippen MR) is 201 cm³/mol. The lowest BCUT2D eigenvalue weighted by Crippen LogP contribution is -2.53. The van der Waals surface area contributed by atoms with Crippen molar-refractivity contribution in [1.29, 1.82) is 5.26 Å². The molecule has 5 aromatic carbocycles. The molecule has 2 N–H and O–H groups in total. The summed E-state index contributed by atoms with van der Waals surface area (Å²) in [5.74, 6) is 1.16. The Kier molecular flexibility index (Phi) is 10.8. The summed E-state index contributed by atoms with van der Waals surface area (Å²) in [6, 6.07) is 32.8. The van der Waals surface area contributed by atoms with Crippen molar-refractivity contribution < 1.29 is 28.5 Å². The van der Waals surface area contributed by atoms with Crippen molar-refractivity contribution in [3.05, 3.63) is 147 Å². The average molecular weight is 749 g/mol. The lowest BCUT2D eigenvalue weighted by molar-refractivity contribution is -0.145. The van der Waals surface area contributed by atoms with E-state index >= 15 is 0 Å². The molecule has 7 rings (SSSR count). The van der Waals surface area contributed by atoms with E-state index in [1.165, 1.54) is 7.11 Å². The van der Waals surface area contributed by atoms with Crippen LogP contribution in [-0.4, -0.2) is 37.7 Å². The van der Waals surface area contributed by atoms with Gasteiger partial charge in [-0.15, -0.1) is 0 Å². The summed E-state index contributed by atoms with van der Waals surface area (Å²) in [4.78, 5) is 26.3. The third-order valence-electron chi connectivity index (χ3n) is 9.39. The van der Waals surface area contributed by atoms with Crippen molar-refractivity contribution in [3.8, 4) is 34.4 Å². The molecular formula is C42H35Cl2N3O6. The number of hydrogen-bond donors (Lipinski definition) is 2. The maximum atomic E-state index is 13.5. The van der Waals surface area contributed by atoms with Gasteiger partial charge in [-0.05, 0) is 93.9 Å². The van der Waals surface area contributed by atoms with Gasteiger partial charge in [-0.2, -0.15) is 5.26 Å². The van der Waals surface area contributed by atoms with Gasteiger partial charge in [-0.3, -0.25) is 4.79 Å². The third kappa shape index (κ3) is 8.42. The second kappa shape index (κ2) is 16.0. The molecule has 5 aromatic rings. The first-order chi connectivity index (χ1) is 25.8. The van der Waals surface area contributed by atoms with Crippen molar-refractivity contribution in [2.24, 2.45) is 0 Å². The number of rotatable bonds is 10. The average Bonchev–Trinajstić information content (AvgIpc) is 3.20. The van der Waals surface area contributed by atoms with Crippen LogP contribution in [0.4, 0.5) is 0 Å². The Hall–Kier alpha value is -5.53. The Balaban J connectivity index is 0.949. The number of methoxy groups -OCH3 is 1. The molecule has 2 heterocycles. The van der Waals surface area contributed by atoms with Gasteiger partial charge in [0, 0.05) is 13.0 Å². The number of nitrogens with zero attached hydrogens (tertiary/aromatic N) is 1. The number of carbonyl (C=O) groups excluding carboxylic acids is 2. The molecule has 0 radical (unpaired) electrons. The second-order valence-corrected chi connectivity index (χ2v) is 13.7. The molecule has 3 atom stereocenters. The summed E-state index contributed by atoms with van der Waals surface area (Å²) < 4.78 is 23.5. The summed E-state index contributed by atoms with van der Waals surface area (Å²) in [7, 11) is 1.31. The first kappa shape index (κ1) is 35.9. The van der Waals surface area contributed by atoms with E-state index in [0.717, 1.165) is 38.9 Å². The zero-order valence-electron chi connectivity index (χ0n) is 28.7. The number of amides is 1. The molecule has 1 amide bonds. The largest absolute Gasteiger partial charge is 0.489 e. The van der Waals surface area contributed by atoms with Crippen LogP contribution < -0.4 is 24.8 Å². The van der Waals surface area contributed by atoms with Crippen LogP contribution in [0, 0.1) is 11.3 Å². The van der Waals surface area contributed by atoms with E-state index in [1.807, 2.05) is 78.9 Å². The highest BCUT2D eigenvalue weighted by atomic mass is 35.5. The van der Waals surface area contributed by atoms with Gasteiger partial charge in [0.1, 0.15) is 25.0 Å². The fourth-order valence-corrected chi connectivity index (χ4v) is 6.74. The van der Waals surface area contributed by atoms with Crippen LogP contribution >= 0.6 is 23.2 Å². The number of carbonyl (C=O) groups is 2. The topological polar surface area (TPSA) is 119 Å². The lowest BCUT2D eigenvalue weighted by atomic mass is 9.94. The Morgan fingerprint density at radius 2 is 1.58 bits per heavy atom. The van der Waals surface area contributed by atoms with Gasteiger partial charge in [0.05, 0.1) is 34.8 Å². The van der Waals surface area contributed by atoms with Crippen molar-refractivity contribution >= 4 is 35.1 Å². The number of benzene rings is 5. The van der Waals surface area contributed by atoms with Crippen LogP contribution in [-0.2, 0) is 40.3 Å². The van der Waals surface area contributed by atoms with Crippen LogP contribution in [0.1, 0.15) is 39.5 Å². The molecule has 2 aliphatic rings. The summed E-state index contributed by atoms with van der Waals surface area (Å²) in [6.45, 7) is 1.13. The monoisotopic (exact) mass is 747 g/mol. The molecule has 11 heteroatoms. The van der Waals surface area contributed by atoms with Crippen LogP contribution in [0.3, 0.4) is 0 Å². The summed E-state index contributed by atoms with van der Waals surface area (Å²) >= 11 is 12.1. The summed E-state index contributed by atoms with van der Waals surface area (Å²) in [6.07, 6.45) is 0.379. The lowest BCUT2D eigenvalue weighted by Gasteiger charge is -2.31. The smallest absolute Gasteiger partial charge is 0.328 e. The van der Waals surface area contributed by atoms with Gasteiger partial charge in [-0.25, -0.2) is 4.79 Å². The maximum absolute atomic E-state index is 13.5. The molecule has 0 aliphatic carbocycles. The molecule has 2 aliphatic heterocycles. The maximum Gasteiger partial charge on any atom is 0.328 e. The van der Waals surface area contributed by atoms with E-state index < -0.39 is 18.1 Å². The first-order valence-corrected chi connectivity index (χ1v) is 17.8. The van der Waals surface area contributed by atoms with Crippen molar-refractivity contribution in [2.75, 3.05) is 13.7 Å². The molecule has 0 aromatic heterocycles. The molecule has 0 saturated carbocycles. The SMILES string of the molecule is COC(=O)C(Cc1ccc(-c2ccc(C#N)cc2)cc1)NC(=O)C1Cc2cc3c(cc2CN1)OC(c1ccc(OCc2ccc(Cl)c(Cl)c2)cc1)CO3. The van der Waals surface area contributed by atoms with Gasteiger partial charge >= 0.3 is 5.97 Å². The van der Waals surface area contributed by atoms with Crippen molar-refractivity contribution in [3.63, 3.8) is 0 Å². The highest BCUT2D eigenvalue weighted by Crippen LogP contribution is 2.40. The zero-order valence-corrected chi connectivity index (χ0v) is 30.2. The van der Waals surface area contributed by atoms with Crippen LogP contribution in [0.5, 0.6) is 17.2 Å². The van der Waals surface area contributed by atoms with Gasteiger partial charge < -0.3 is 29.6 Å². The van der Waals surface area contributed by atoms with E-state index in [1.54, 1.807) is 24.3 Å². The molecule has 0 fully saturated rings. The van der Waals surface area contributed by atoms with Gasteiger partial charge in [-0.1, -0.05) is 77.8 Å². The minimum absolute atomic E-state index is 0.268. The van der Waals surface area contributed by atoms with Crippen LogP contribution in [0.2, 0.25) is 10.0 Å². The van der Waals surface area contributed by atoms with Crippen molar-refractivity contribution in [1.82, 2.24) is 10.6 Å². The first-order valence-electron chi connectivity index (χ1n) is 17.1. The Bertz CT molecular complexity index is 2170. The normalized spacial score (nSPS) is 16.4. The minimum Gasteiger partial charge on any atom is -0.489 e. The van der Waals surface area contributed by atoms with Crippen LogP contribution in [0.15, 0.2) is 103 Å². The van der Waals surface area contributed by atoms with E-state index in [4.69, 9.17) is 47.4 Å². The quantitative estimate of drug-likeness (QED) is 0.141. The van der Waals surface area contributed by atoms with Gasteiger partial charge in [0.25, 0.3) is 0 Å². The number of halogens is 2. The minimum atomic E-state index is -0.864. The number of nitrogens with one attached hydrogen (secondary N) is 2. The van der Waals surface area contributed by atoms with E-state index in [2.05, 4.69) is 16.7 Å². The standard InChI is InChI=1S/C42H35Cl2N3O6/c1-50-42(49)37(17-25-2-7-28(8-3-25)29-9-4-26(21-45)5-10-29)47-41(48)36-18-31-19-38-39(20-32(31)22-46-36)53-40(24-52-38)30-11-13-33(14-12-30)51-23-27-6-15-34(43)35(44)16-27/h2-16,19-20,36-37,40,46H,17-18,22-24H2,1H3,(H,47,48). The van der Waals surface area contributed by atoms with E-state index in [-0.39, 0.29) is 18.4 Å². The molecule has 53 heavy (non-hydrogen) atoms. The molecule has 0 spiro atoms. The Morgan fingerprint density at radius 3 is 2.28 bits per heavy atom. The van der Waals surface area contributed by atoms with Gasteiger partial charge in [0.15, 0.2) is 17.6 Å². The second-order valence-electron chi connectivity index (χ2n) is 12.9. The van der Waals surface area contributed by atoms with Gasteiger partial charge in [0.2, 0.25) is 5.91 Å². The third-order valence-corrected chi connectivity index (χ3v) is 10.1. The molecule has 268 valence electrons. The highest BCUT2D eigenvalue weighted by Gasteiger charge is 2.31. The predicted octanol–water partition coefficient (Wildman–Crippen LogP) is 7.54. The zero-order chi connectivity index (χ0) is 36.9. The fourth-order valence-electron chi connectivity index (χ4n) is 6.42. The Labute approximate surface area is 317 Å². The number of esters is 1. The summed E-state index contributed by atoms with van der Waals surface area (Å²) in [5, 5.41) is 16.3. The molecular weight excluding hydrogens is 713 g/mol. The number of fused-ring (bicyclic) bond motifs is 2. The van der Waals surface area contributed by atoms with E-state index in [0.29, 0.717) is 59.0 Å². The Morgan fingerprint density at radius 1 is 0.887 bits per heavy atom. The number of nitriles is 1. The number of hydrogen-bond acceptors (Lipinski definition) is 8.